The van der Waals surface area contributed by atoms with E-state index in [0.29, 0.717) is 54.8 Å². The Morgan fingerprint density at radius 2 is 2.06 bits per heavy atom. The highest BCUT2D eigenvalue weighted by Crippen LogP contribution is 2.35. The smallest absolute Gasteiger partial charge is 0.307 e. The second-order valence-corrected chi connectivity index (χ2v) is 9.61. The van der Waals surface area contributed by atoms with Crippen molar-refractivity contribution in [1.82, 2.24) is 14.9 Å². The summed E-state index contributed by atoms with van der Waals surface area (Å²) < 4.78 is 31.0. The van der Waals surface area contributed by atoms with E-state index in [1.165, 1.54) is 12.1 Å². The first-order chi connectivity index (χ1) is 17.4. The van der Waals surface area contributed by atoms with Crippen LogP contribution in [0.15, 0.2) is 36.5 Å². The summed E-state index contributed by atoms with van der Waals surface area (Å²) in [4.78, 5) is 22.5. The molecule has 0 spiro atoms. The van der Waals surface area contributed by atoms with Crippen LogP contribution >= 0.6 is 11.6 Å². The Morgan fingerprint density at radius 3 is 2.81 bits per heavy atom. The highest BCUT2D eigenvalue weighted by molar-refractivity contribution is 6.31. The molecule has 0 amide bonds. The predicted octanol–water partition coefficient (Wildman–Crippen LogP) is 5.11. The highest BCUT2D eigenvalue weighted by Gasteiger charge is 2.27. The molecule has 1 unspecified atom stereocenters. The Hall–Kier alpha value is -3.17. The van der Waals surface area contributed by atoms with Crippen LogP contribution in [0.25, 0.3) is 10.9 Å². The van der Waals surface area contributed by atoms with Gasteiger partial charge in [-0.3, -0.25) is 9.69 Å². The minimum Gasteiger partial charge on any atom is -0.488 e. The van der Waals surface area contributed by atoms with Gasteiger partial charge in [0.15, 0.2) is 11.5 Å². The summed E-state index contributed by atoms with van der Waals surface area (Å²) in [6, 6.07) is 8.17. The molecule has 8 nitrogen and oxygen atoms in total. The number of halogens is 2. The summed E-state index contributed by atoms with van der Waals surface area (Å²) >= 11 is 5.89. The number of carbonyl (C=O) groups excluding carboxylic acids is 1. The van der Waals surface area contributed by atoms with Gasteiger partial charge in [0.05, 0.1) is 29.1 Å². The monoisotopic (exact) mass is 514 g/mol. The normalized spacial score (nSPS) is 18.1. The van der Waals surface area contributed by atoms with Crippen molar-refractivity contribution in [2.75, 3.05) is 32.1 Å². The van der Waals surface area contributed by atoms with Gasteiger partial charge in [0, 0.05) is 29.9 Å². The molecule has 1 aliphatic carbocycles. The van der Waals surface area contributed by atoms with Crippen molar-refractivity contribution in [3.63, 3.8) is 0 Å². The molecule has 190 valence electrons. The Labute approximate surface area is 213 Å². The van der Waals surface area contributed by atoms with Gasteiger partial charge in [-0.25, -0.2) is 14.4 Å². The van der Waals surface area contributed by atoms with Crippen LogP contribution in [-0.2, 0) is 9.53 Å². The summed E-state index contributed by atoms with van der Waals surface area (Å²) in [5.41, 5.74) is 1.26. The molecular weight excluding hydrogens is 487 g/mol. The maximum atomic E-state index is 13.5. The molecule has 1 N–H and O–H groups in total. The van der Waals surface area contributed by atoms with Crippen molar-refractivity contribution in [3.05, 3.63) is 47.4 Å². The molecule has 1 saturated heterocycles. The standard InChI is InChI=1S/C26H28ClFN4O4/c1-32(18-12-25(33)35-15-18)8-9-34-23-13-22-16(10-24(23)36-19-4-2-3-5-19)14-29-26(31-22)30-17-6-7-21(28)20(27)11-17/h6-7,10-11,13-14,18-19H,2-5,8-9,12,15H2,1H3,(H,29,30,31). The summed E-state index contributed by atoms with van der Waals surface area (Å²) in [6.45, 7) is 1.45. The maximum Gasteiger partial charge on any atom is 0.307 e. The molecule has 0 radical (unpaired) electrons. The molecule has 1 atom stereocenters. The molecule has 1 aromatic heterocycles. The van der Waals surface area contributed by atoms with Gasteiger partial charge in [0.2, 0.25) is 5.95 Å². The first-order valence-electron chi connectivity index (χ1n) is 12.1. The SMILES string of the molecule is CN(CCOc1cc2nc(Nc3ccc(F)c(Cl)c3)ncc2cc1OC1CCCC1)C1COC(=O)C1. The summed E-state index contributed by atoms with van der Waals surface area (Å²) in [6.07, 6.45) is 6.64. The molecule has 5 rings (SSSR count). The Kier molecular flexibility index (Phi) is 7.38. The van der Waals surface area contributed by atoms with Crippen molar-refractivity contribution in [2.24, 2.45) is 0 Å². The molecule has 2 aromatic carbocycles. The van der Waals surface area contributed by atoms with E-state index < -0.39 is 5.82 Å². The van der Waals surface area contributed by atoms with Gasteiger partial charge in [-0.2, -0.15) is 0 Å². The quantitative estimate of drug-likeness (QED) is 0.394. The van der Waals surface area contributed by atoms with Gasteiger partial charge in [-0.05, 0) is 57.0 Å². The van der Waals surface area contributed by atoms with E-state index in [1.807, 2.05) is 19.2 Å². The Bertz CT molecular complexity index is 1250. The second kappa shape index (κ2) is 10.8. The fourth-order valence-corrected chi connectivity index (χ4v) is 4.64. The van der Waals surface area contributed by atoms with E-state index in [-0.39, 0.29) is 23.1 Å². The predicted molar refractivity (Wildman–Crippen MR) is 135 cm³/mol. The molecule has 1 aliphatic heterocycles. The number of nitrogens with one attached hydrogen (secondary N) is 1. The van der Waals surface area contributed by atoms with E-state index in [2.05, 4.69) is 20.2 Å². The number of cyclic esters (lactones) is 1. The van der Waals surface area contributed by atoms with Crippen LogP contribution in [0.1, 0.15) is 32.1 Å². The van der Waals surface area contributed by atoms with Crippen LogP contribution in [0.3, 0.4) is 0 Å². The molecule has 10 heteroatoms. The minimum absolute atomic E-state index is 0.0173. The number of esters is 1. The lowest BCUT2D eigenvalue weighted by molar-refractivity contribution is -0.137. The number of likely N-dealkylation sites (N-methyl/N-ethyl adjacent to an activating group) is 1. The number of anilines is 2. The van der Waals surface area contributed by atoms with Gasteiger partial charge in [0.1, 0.15) is 19.0 Å². The topological polar surface area (TPSA) is 85.8 Å². The second-order valence-electron chi connectivity index (χ2n) is 9.20. The van der Waals surface area contributed by atoms with Crippen molar-refractivity contribution in [3.8, 4) is 11.5 Å². The summed E-state index contributed by atoms with van der Waals surface area (Å²) in [5.74, 6) is 0.978. The molecule has 2 aliphatic rings. The lowest BCUT2D eigenvalue weighted by atomic mass is 10.2. The van der Waals surface area contributed by atoms with Gasteiger partial charge >= 0.3 is 5.97 Å². The number of nitrogens with zero attached hydrogens (tertiary/aromatic N) is 3. The third-order valence-electron chi connectivity index (χ3n) is 6.58. The largest absolute Gasteiger partial charge is 0.488 e. The number of aromatic nitrogens is 2. The molecular formula is C26H28ClFN4O4. The summed E-state index contributed by atoms with van der Waals surface area (Å²) in [5, 5.41) is 3.89. The number of fused-ring (bicyclic) bond motifs is 1. The lowest BCUT2D eigenvalue weighted by Gasteiger charge is -2.22. The zero-order chi connectivity index (χ0) is 25.1. The third-order valence-corrected chi connectivity index (χ3v) is 6.87. The van der Waals surface area contributed by atoms with E-state index in [9.17, 15) is 9.18 Å². The van der Waals surface area contributed by atoms with E-state index in [0.717, 1.165) is 31.1 Å². The van der Waals surface area contributed by atoms with Crippen molar-refractivity contribution >= 4 is 40.1 Å². The molecule has 36 heavy (non-hydrogen) atoms. The zero-order valence-corrected chi connectivity index (χ0v) is 20.8. The molecule has 1 saturated carbocycles. The fourth-order valence-electron chi connectivity index (χ4n) is 4.46. The first kappa shape index (κ1) is 24.5. The zero-order valence-electron chi connectivity index (χ0n) is 20.0. The van der Waals surface area contributed by atoms with Gasteiger partial charge in [-0.1, -0.05) is 11.6 Å². The number of hydrogen-bond donors (Lipinski definition) is 1. The van der Waals surface area contributed by atoms with Gasteiger partial charge < -0.3 is 19.5 Å². The molecule has 2 heterocycles. The van der Waals surface area contributed by atoms with Crippen LogP contribution in [0.2, 0.25) is 5.02 Å². The maximum absolute atomic E-state index is 13.5. The van der Waals surface area contributed by atoms with E-state index in [4.69, 9.17) is 25.8 Å². The molecule has 2 fully saturated rings. The third kappa shape index (κ3) is 5.79. The lowest BCUT2D eigenvalue weighted by Crippen LogP contribution is -2.35. The van der Waals surface area contributed by atoms with Gasteiger partial charge in [-0.15, -0.1) is 0 Å². The van der Waals surface area contributed by atoms with Crippen LogP contribution in [0.5, 0.6) is 11.5 Å². The number of hydrogen-bond acceptors (Lipinski definition) is 8. The van der Waals surface area contributed by atoms with Crippen molar-refractivity contribution in [2.45, 2.75) is 44.2 Å². The fraction of sp³-hybridized carbons (Fsp3) is 0.423. The highest BCUT2D eigenvalue weighted by atomic mass is 35.5. The van der Waals surface area contributed by atoms with E-state index in [1.54, 1.807) is 12.3 Å². The number of ether oxygens (including phenoxy) is 3. The average Bonchev–Trinajstić information content (AvgIpc) is 3.53. The van der Waals surface area contributed by atoms with Crippen LogP contribution in [-0.4, -0.2) is 59.8 Å². The number of carbonyl (C=O) groups is 1. The van der Waals surface area contributed by atoms with Crippen molar-refractivity contribution in [1.29, 1.82) is 0 Å². The Balaban J connectivity index is 1.34. The number of benzene rings is 2. The minimum atomic E-state index is -0.490. The first-order valence-corrected chi connectivity index (χ1v) is 12.5. The average molecular weight is 515 g/mol. The number of rotatable bonds is 9. The van der Waals surface area contributed by atoms with Crippen LogP contribution in [0, 0.1) is 5.82 Å². The van der Waals surface area contributed by atoms with Crippen molar-refractivity contribution < 1.29 is 23.4 Å². The summed E-state index contributed by atoms with van der Waals surface area (Å²) in [7, 11) is 1.96. The van der Waals surface area contributed by atoms with Gasteiger partial charge in [0.25, 0.3) is 0 Å². The molecule has 3 aromatic rings. The van der Waals surface area contributed by atoms with E-state index >= 15 is 0 Å². The Morgan fingerprint density at radius 1 is 1.22 bits per heavy atom. The van der Waals surface area contributed by atoms with Crippen LogP contribution < -0.4 is 14.8 Å². The van der Waals surface area contributed by atoms with Crippen LogP contribution in [0.4, 0.5) is 16.0 Å². The molecule has 0 bridgehead atoms.